The monoisotopic (exact) mass is 274 g/mol. The molecule has 2 rings (SSSR count). The number of carbonyl (C=O) groups is 1. The maximum atomic E-state index is 12.1. The molecule has 104 valence electrons. The Kier molecular flexibility index (Phi) is 3.65. The summed E-state index contributed by atoms with van der Waals surface area (Å²) >= 11 is 0. The van der Waals surface area contributed by atoms with E-state index in [-0.39, 0.29) is 11.3 Å². The van der Waals surface area contributed by atoms with Crippen LogP contribution in [0.4, 0.5) is 11.4 Å². The Morgan fingerprint density at radius 2 is 2.00 bits per heavy atom. The maximum Gasteiger partial charge on any atom is 0.259 e. The molecule has 0 spiro atoms. The van der Waals surface area contributed by atoms with Gasteiger partial charge < -0.3 is 26.0 Å². The fraction of sp³-hybridized carbons (Fsp3) is 0.0714. The Morgan fingerprint density at radius 1 is 1.25 bits per heavy atom. The fourth-order valence-corrected chi connectivity index (χ4v) is 1.72. The van der Waals surface area contributed by atoms with E-state index in [2.05, 4.69) is 5.32 Å². The van der Waals surface area contributed by atoms with Crippen molar-refractivity contribution in [3.05, 3.63) is 42.0 Å². The number of hydrogen-bond donors (Lipinski definition) is 4. The zero-order valence-corrected chi connectivity index (χ0v) is 10.8. The number of methoxy groups -OCH3 is 1. The van der Waals surface area contributed by atoms with Crippen LogP contribution in [-0.2, 0) is 0 Å². The third kappa shape index (κ3) is 2.59. The van der Waals surface area contributed by atoms with Gasteiger partial charge in [-0.3, -0.25) is 4.79 Å². The predicted octanol–water partition coefficient (Wildman–Crippen LogP) is 1.94. The number of hydrogen-bond acceptors (Lipinski definition) is 5. The summed E-state index contributed by atoms with van der Waals surface area (Å²) in [5.74, 6) is -0.999. The highest BCUT2D eigenvalue weighted by Gasteiger charge is 2.15. The molecule has 0 radical (unpaired) electrons. The largest absolute Gasteiger partial charge is 0.504 e. The van der Waals surface area contributed by atoms with E-state index in [0.29, 0.717) is 17.1 Å². The molecule has 0 aliphatic rings. The maximum absolute atomic E-state index is 12.1. The molecule has 0 fully saturated rings. The molecule has 1 amide bonds. The lowest BCUT2D eigenvalue weighted by Gasteiger charge is -2.11. The number of benzene rings is 2. The number of nitrogens with two attached hydrogens (primary N) is 1. The van der Waals surface area contributed by atoms with Crippen molar-refractivity contribution in [1.29, 1.82) is 0 Å². The van der Waals surface area contributed by atoms with E-state index in [1.54, 1.807) is 18.2 Å². The van der Waals surface area contributed by atoms with Gasteiger partial charge in [0.05, 0.1) is 18.4 Å². The number of carbonyl (C=O) groups excluding carboxylic acids is 1. The topological polar surface area (TPSA) is 105 Å². The molecular formula is C14H14N2O4. The summed E-state index contributed by atoms with van der Waals surface area (Å²) in [4.78, 5) is 12.1. The van der Waals surface area contributed by atoms with Crippen molar-refractivity contribution < 1.29 is 19.7 Å². The zero-order valence-electron chi connectivity index (χ0n) is 10.8. The normalized spacial score (nSPS) is 10.1. The van der Waals surface area contributed by atoms with E-state index < -0.39 is 11.7 Å². The first-order chi connectivity index (χ1) is 9.52. The Morgan fingerprint density at radius 3 is 2.70 bits per heavy atom. The van der Waals surface area contributed by atoms with Gasteiger partial charge in [-0.05, 0) is 24.3 Å². The molecule has 0 aromatic heterocycles. The summed E-state index contributed by atoms with van der Waals surface area (Å²) in [6, 6.07) is 8.92. The summed E-state index contributed by atoms with van der Waals surface area (Å²) in [6.45, 7) is 0. The zero-order chi connectivity index (χ0) is 14.7. The molecular weight excluding hydrogens is 260 g/mol. The number of aromatic hydroxyl groups is 2. The minimum atomic E-state index is -0.568. The molecule has 0 bridgehead atoms. The van der Waals surface area contributed by atoms with Crippen molar-refractivity contribution in [1.82, 2.24) is 0 Å². The number of nitrogen functional groups attached to an aromatic ring is 1. The lowest BCUT2D eigenvalue weighted by Crippen LogP contribution is -2.13. The first-order valence-corrected chi connectivity index (χ1v) is 5.78. The Hall–Kier alpha value is -2.89. The van der Waals surface area contributed by atoms with Crippen molar-refractivity contribution in [3.63, 3.8) is 0 Å². The smallest absolute Gasteiger partial charge is 0.259 e. The second kappa shape index (κ2) is 5.40. The average Bonchev–Trinajstić information content (AvgIpc) is 2.43. The Bertz CT molecular complexity index is 656. The van der Waals surface area contributed by atoms with Crippen LogP contribution in [0.5, 0.6) is 17.2 Å². The van der Waals surface area contributed by atoms with Gasteiger partial charge in [0.15, 0.2) is 11.5 Å². The number of phenols is 2. The molecule has 0 atom stereocenters. The van der Waals surface area contributed by atoms with Gasteiger partial charge >= 0.3 is 0 Å². The Balaban J connectivity index is 2.30. The molecule has 0 heterocycles. The SMILES string of the molecule is COc1cc(N)ccc1NC(=O)c1cccc(O)c1O. The van der Waals surface area contributed by atoms with Crippen LogP contribution in [0.3, 0.4) is 0 Å². The van der Waals surface area contributed by atoms with E-state index in [9.17, 15) is 15.0 Å². The minimum absolute atomic E-state index is 0.0381. The summed E-state index contributed by atoms with van der Waals surface area (Å²) < 4.78 is 5.11. The lowest BCUT2D eigenvalue weighted by atomic mass is 10.1. The summed E-state index contributed by atoms with van der Waals surface area (Å²) in [5, 5.41) is 21.6. The van der Waals surface area contributed by atoms with Gasteiger partial charge in [0.2, 0.25) is 0 Å². The van der Waals surface area contributed by atoms with Crippen LogP contribution in [0.2, 0.25) is 0 Å². The van der Waals surface area contributed by atoms with E-state index in [1.807, 2.05) is 0 Å². The summed E-state index contributed by atoms with van der Waals surface area (Å²) in [6.07, 6.45) is 0. The van der Waals surface area contributed by atoms with Crippen molar-refractivity contribution in [2.45, 2.75) is 0 Å². The van der Waals surface area contributed by atoms with Crippen molar-refractivity contribution in [2.24, 2.45) is 0 Å². The van der Waals surface area contributed by atoms with Crippen LogP contribution >= 0.6 is 0 Å². The number of phenolic OH excluding ortho intramolecular Hbond substituents is 2. The molecule has 5 N–H and O–H groups in total. The average molecular weight is 274 g/mol. The van der Waals surface area contributed by atoms with Gasteiger partial charge in [-0.2, -0.15) is 0 Å². The molecule has 0 saturated heterocycles. The number of amides is 1. The van der Waals surface area contributed by atoms with Crippen LogP contribution in [-0.4, -0.2) is 23.2 Å². The van der Waals surface area contributed by atoms with Crippen molar-refractivity contribution in [3.8, 4) is 17.2 Å². The van der Waals surface area contributed by atoms with E-state index >= 15 is 0 Å². The van der Waals surface area contributed by atoms with Crippen LogP contribution in [0.15, 0.2) is 36.4 Å². The molecule has 0 saturated carbocycles. The van der Waals surface area contributed by atoms with Crippen LogP contribution in [0, 0.1) is 0 Å². The molecule has 0 aliphatic carbocycles. The van der Waals surface area contributed by atoms with Gasteiger partial charge in [0.25, 0.3) is 5.91 Å². The van der Waals surface area contributed by atoms with E-state index in [4.69, 9.17) is 10.5 Å². The molecule has 0 aliphatic heterocycles. The highest BCUT2D eigenvalue weighted by molar-refractivity contribution is 6.07. The summed E-state index contributed by atoms with van der Waals surface area (Å²) in [5.41, 5.74) is 6.50. The van der Waals surface area contributed by atoms with Crippen molar-refractivity contribution in [2.75, 3.05) is 18.2 Å². The quantitative estimate of drug-likeness (QED) is 0.505. The molecule has 6 nitrogen and oxygen atoms in total. The lowest BCUT2D eigenvalue weighted by molar-refractivity contribution is 0.102. The standard InChI is InChI=1S/C14H14N2O4/c1-20-12-7-8(15)5-6-10(12)16-14(19)9-3-2-4-11(17)13(9)18/h2-7,17-18H,15H2,1H3,(H,16,19). The second-order valence-electron chi connectivity index (χ2n) is 4.09. The molecule has 0 unspecified atom stereocenters. The van der Waals surface area contributed by atoms with Gasteiger partial charge in [0.1, 0.15) is 5.75 Å². The molecule has 2 aromatic rings. The molecule has 20 heavy (non-hydrogen) atoms. The number of para-hydroxylation sites is 1. The van der Waals surface area contributed by atoms with Gasteiger partial charge in [0, 0.05) is 11.8 Å². The third-order valence-electron chi connectivity index (χ3n) is 2.73. The van der Waals surface area contributed by atoms with Crippen LogP contribution < -0.4 is 15.8 Å². The first kappa shape index (κ1) is 13.5. The van der Waals surface area contributed by atoms with Gasteiger partial charge in [-0.1, -0.05) is 6.07 Å². The van der Waals surface area contributed by atoms with E-state index in [1.165, 1.54) is 25.3 Å². The third-order valence-corrected chi connectivity index (χ3v) is 2.73. The highest BCUT2D eigenvalue weighted by Crippen LogP contribution is 2.31. The first-order valence-electron chi connectivity index (χ1n) is 5.78. The van der Waals surface area contributed by atoms with Gasteiger partial charge in [-0.25, -0.2) is 0 Å². The number of rotatable bonds is 3. The predicted molar refractivity (Wildman–Crippen MR) is 75.1 cm³/mol. The molecule has 6 heteroatoms. The van der Waals surface area contributed by atoms with Gasteiger partial charge in [-0.15, -0.1) is 0 Å². The fourth-order valence-electron chi connectivity index (χ4n) is 1.72. The van der Waals surface area contributed by atoms with E-state index in [0.717, 1.165) is 0 Å². The second-order valence-corrected chi connectivity index (χ2v) is 4.09. The Labute approximate surface area is 115 Å². The minimum Gasteiger partial charge on any atom is -0.504 e. The summed E-state index contributed by atoms with van der Waals surface area (Å²) in [7, 11) is 1.45. The van der Waals surface area contributed by atoms with Crippen LogP contribution in [0.25, 0.3) is 0 Å². The molecule has 2 aromatic carbocycles. The number of ether oxygens (including phenoxy) is 1. The van der Waals surface area contributed by atoms with Crippen molar-refractivity contribution >= 4 is 17.3 Å². The number of nitrogens with one attached hydrogen (secondary N) is 1. The number of anilines is 2. The van der Waals surface area contributed by atoms with Crippen LogP contribution in [0.1, 0.15) is 10.4 Å². The highest BCUT2D eigenvalue weighted by atomic mass is 16.5.